The Kier molecular flexibility index (Phi) is 5.76. The number of primary amides is 1. The van der Waals surface area contributed by atoms with E-state index in [-0.39, 0.29) is 17.4 Å². The van der Waals surface area contributed by atoms with Crippen LogP contribution >= 0.6 is 0 Å². The summed E-state index contributed by atoms with van der Waals surface area (Å²) in [6, 6.07) is 3.92. The van der Waals surface area contributed by atoms with E-state index in [1.807, 2.05) is 12.1 Å². The Balaban J connectivity index is 2.56. The average molecular weight is 346 g/mol. The van der Waals surface area contributed by atoms with E-state index < -0.39 is 0 Å². The van der Waals surface area contributed by atoms with Crippen molar-refractivity contribution >= 4 is 11.6 Å². The van der Waals surface area contributed by atoms with Crippen LogP contribution in [0.2, 0.25) is 0 Å². The normalized spacial score (nSPS) is 16.8. The second-order valence-electron chi connectivity index (χ2n) is 7.78. The van der Waals surface area contributed by atoms with E-state index in [2.05, 4.69) is 27.7 Å². The summed E-state index contributed by atoms with van der Waals surface area (Å²) in [5, 5.41) is 0. The summed E-state index contributed by atoms with van der Waals surface area (Å²) in [5.74, 6) is 1.12. The van der Waals surface area contributed by atoms with Gasteiger partial charge < -0.3 is 15.2 Å². The van der Waals surface area contributed by atoms with Gasteiger partial charge in [0.25, 0.3) is 0 Å². The van der Waals surface area contributed by atoms with Gasteiger partial charge in [-0.2, -0.15) is 0 Å². The fourth-order valence-corrected chi connectivity index (χ4v) is 3.38. The van der Waals surface area contributed by atoms with Gasteiger partial charge in [-0.05, 0) is 56.7 Å². The minimum atomic E-state index is -0.390. The molecule has 0 saturated heterocycles. The molecular weight excluding hydrogens is 316 g/mol. The summed E-state index contributed by atoms with van der Waals surface area (Å²) in [6.45, 7) is 8.44. The molecular formula is C20H30N2O3. The van der Waals surface area contributed by atoms with Gasteiger partial charge in [0.1, 0.15) is 0 Å². The summed E-state index contributed by atoms with van der Waals surface area (Å²) < 4.78 is 10.9. The molecule has 1 aromatic rings. The van der Waals surface area contributed by atoms with E-state index in [0.717, 1.165) is 29.7 Å². The minimum Gasteiger partial charge on any atom is -0.493 e. The SMILES string of the molecule is COc1cc2c(cc1OC)C([C@H](CCC(C)C)C(N)=O)=NC(C)(C)C2. The molecule has 0 aliphatic carbocycles. The Bertz CT molecular complexity index is 678. The van der Waals surface area contributed by atoms with Crippen LogP contribution in [0.5, 0.6) is 11.5 Å². The Labute approximate surface area is 150 Å². The van der Waals surface area contributed by atoms with Crippen LogP contribution in [0.3, 0.4) is 0 Å². The first-order chi connectivity index (χ1) is 11.7. The molecule has 5 nitrogen and oxygen atoms in total. The topological polar surface area (TPSA) is 73.9 Å². The van der Waals surface area contributed by atoms with Crippen LogP contribution < -0.4 is 15.2 Å². The van der Waals surface area contributed by atoms with Gasteiger partial charge in [0.2, 0.25) is 5.91 Å². The van der Waals surface area contributed by atoms with Crippen molar-refractivity contribution in [1.82, 2.24) is 0 Å². The van der Waals surface area contributed by atoms with Crippen LogP contribution in [0.4, 0.5) is 0 Å². The summed E-state index contributed by atoms with van der Waals surface area (Å²) in [6.07, 6.45) is 2.41. The fourth-order valence-electron chi connectivity index (χ4n) is 3.38. The van der Waals surface area contributed by atoms with Gasteiger partial charge >= 0.3 is 0 Å². The first-order valence-electron chi connectivity index (χ1n) is 8.83. The fraction of sp³-hybridized carbons (Fsp3) is 0.600. The van der Waals surface area contributed by atoms with E-state index in [1.165, 1.54) is 0 Å². The summed E-state index contributed by atoms with van der Waals surface area (Å²) >= 11 is 0. The third kappa shape index (κ3) is 4.33. The summed E-state index contributed by atoms with van der Waals surface area (Å²) in [7, 11) is 3.24. The van der Waals surface area contributed by atoms with Crippen molar-refractivity contribution in [2.45, 2.75) is 52.5 Å². The molecule has 25 heavy (non-hydrogen) atoms. The molecule has 1 atom stereocenters. The third-order valence-corrected chi connectivity index (χ3v) is 4.64. The van der Waals surface area contributed by atoms with Crippen molar-refractivity contribution in [2.75, 3.05) is 14.2 Å². The Hall–Kier alpha value is -2.04. The molecule has 1 heterocycles. The number of aliphatic imine (C=N–C) groups is 1. The maximum Gasteiger partial charge on any atom is 0.226 e. The van der Waals surface area contributed by atoms with Gasteiger partial charge in [-0.15, -0.1) is 0 Å². The maximum atomic E-state index is 12.2. The van der Waals surface area contributed by atoms with E-state index >= 15 is 0 Å². The number of nitrogens with zero attached hydrogens (tertiary/aromatic N) is 1. The number of nitrogens with two attached hydrogens (primary N) is 1. The smallest absolute Gasteiger partial charge is 0.226 e. The van der Waals surface area contributed by atoms with E-state index in [1.54, 1.807) is 14.2 Å². The second kappa shape index (κ2) is 7.46. The Morgan fingerprint density at radius 3 is 2.32 bits per heavy atom. The zero-order valence-corrected chi connectivity index (χ0v) is 16.2. The number of hydrogen-bond donors (Lipinski definition) is 1. The van der Waals surface area contributed by atoms with Gasteiger partial charge in [0.05, 0.1) is 31.4 Å². The lowest BCUT2D eigenvalue weighted by Gasteiger charge is -2.32. The number of carbonyl (C=O) groups excluding carboxylic acids is 1. The van der Waals surface area contributed by atoms with Crippen molar-refractivity contribution < 1.29 is 14.3 Å². The molecule has 5 heteroatoms. The molecule has 1 aliphatic heterocycles. The Morgan fingerprint density at radius 2 is 1.80 bits per heavy atom. The molecule has 0 bridgehead atoms. The van der Waals surface area contributed by atoms with E-state index in [9.17, 15) is 4.79 Å². The van der Waals surface area contributed by atoms with Gasteiger partial charge in [0, 0.05) is 5.56 Å². The first-order valence-corrected chi connectivity index (χ1v) is 8.83. The van der Waals surface area contributed by atoms with Crippen molar-refractivity contribution in [3.05, 3.63) is 23.3 Å². The molecule has 2 rings (SSSR count). The number of fused-ring (bicyclic) bond motifs is 1. The third-order valence-electron chi connectivity index (χ3n) is 4.64. The molecule has 1 aliphatic rings. The predicted octanol–water partition coefficient (Wildman–Crippen LogP) is 3.37. The number of ether oxygens (including phenoxy) is 2. The van der Waals surface area contributed by atoms with Crippen LogP contribution in [0, 0.1) is 11.8 Å². The highest BCUT2D eigenvalue weighted by Gasteiger charge is 2.34. The van der Waals surface area contributed by atoms with Crippen molar-refractivity contribution in [3.8, 4) is 11.5 Å². The van der Waals surface area contributed by atoms with Gasteiger partial charge in [-0.1, -0.05) is 13.8 Å². The van der Waals surface area contributed by atoms with E-state index in [0.29, 0.717) is 23.8 Å². The lowest BCUT2D eigenvalue weighted by Crippen LogP contribution is -2.38. The van der Waals surface area contributed by atoms with Crippen molar-refractivity contribution in [2.24, 2.45) is 22.6 Å². The van der Waals surface area contributed by atoms with E-state index in [4.69, 9.17) is 20.2 Å². The minimum absolute atomic E-state index is 0.284. The first kappa shape index (κ1) is 19.3. The zero-order valence-electron chi connectivity index (χ0n) is 16.2. The van der Waals surface area contributed by atoms with Crippen molar-refractivity contribution in [3.63, 3.8) is 0 Å². The lowest BCUT2D eigenvalue weighted by atomic mass is 9.80. The van der Waals surface area contributed by atoms with Crippen LogP contribution in [-0.4, -0.2) is 31.4 Å². The molecule has 0 fully saturated rings. The second-order valence-corrected chi connectivity index (χ2v) is 7.78. The molecule has 2 N–H and O–H groups in total. The molecule has 0 saturated carbocycles. The van der Waals surface area contributed by atoms with Gasteiger partial charge in [0.15, 0.2) is 11.5 Å². The van der Waals surface area contributed by atoms with Crippen LogP contribution in [0.15, 0.2) is 17.1 Å². The van der Waals surface area contributed by atoms with Crippen LogP contribution in [0.1, 0.15) is 51.7 Å². The number of rotatable bonds is 7. The largest absolute Gasteiger partial charge is 0.493 e. The Morgan fingerprint density at radius 1 is 1.20 bits per heavy atom. The predicted molar refractivity (Wildman–Crippen MR) is 101 cm³/mol. The highest BCUT2D eigenvalue weighted by molar-refractivity contribution is 6.14. The molecule has 138 valence electrons. The quantitative estimate of drug-likeness (QED) is 0.822. The zero-order chi connectivity index (χ0) is 18.8. The molecule has 1 aromatic carbocycles. The maximum absolute atomic E-state index is 12.2. The molecule has 0 unspecified atom stereocenters. The number of amides is 1. The molecule has 1 amide bonds. The number of carbonyl (C=O) groups is 1. The number of benzene rings is 1. The highest BCUT2D eigenvalue weighted by atomic mass is 16.5. The molecule has 0 radical (unpaired) electrons. The lowest BCUT2D eigenvalue weighted by molar-refractivity contribution is -0.120. The van der Waals surface area contributed by atoms with Crippen molar-refractivity contribution in [1.29, 1.82) is 0 Å². The van der Waals surface area contributed by atoms with Gasteiger partial charge in [-0.3, -0.25) is 9.79 Å². The average Bonchev–Trinajstić information content (AvgIpc) is 2.52. The summed E-state index contributed by atoms with van der Waals surface area (Å²) in [5.41, 5.74) is 8.31. The standard InChI is InChI=1S/C20H30N2O3/c1-12(2)7-8-14(19(21)23)18-15-10-17(25-6)16(24-5)9-13(15)11-20(3,4)22-18/h9-10,12,14H,7-8,11H2,1-6H3,(H2,21,23)/t14-/m0/s1. The number of methoxy groups -OCH3 is 2. The highest BCUT2D eigenvalue weighted by Crippen LogP contribution is 2.38. The van der Waals surface area contributed by atoms with Crippen LogP contribution in [0.25, 0.3) is 0 Å². The molecule has 0 spiro atoms. The molecule has 0 aromatic heterocycles. The number of hydrogen-bond acceptors (Lipinski definition) is 4. The summed E-state index contributed by atoms with van der Waals surface area (Å²) in [4.78, 5) is 17.1. The van der Waals surface area contributed by atoms with Crippen LogP contribution in [-0.2, 0) is 11.2 Å². The van der Waals surface area contributed by atoms with Gasteiger partial charge in [-0.25, -0.2) is 0 Å². The monoisotopic (exact) mass is 346 g/mol.